The lowest BCUT2D eigenvalue weighted by atomic mass is 9.87. The summed E-state index contributed by atoms with van der Waals surface area (Å²) >= 11 is 0. The Morgan fingerprint density at radius 2 is 2.07 bits per heavy atom. The van der Waals surface area contributed by atoms with Crippen LogP contribution in [0.2, 0.25) is 0 Å². The predicted molar refractivity (Wildman–Crippen MR) is 58.3 cm³/mol. The van der Waals surface area contributed by atoms with Crippen LogP contribution in [0.25, 0.3) is 0 Å². The van der Waals surface area contributed by atoms with Crippen LogP contribution < -0.4 is 5.09 Å². The highest BCUT2D eigenvalue weighted by atomic mass is 31.1. The SMILES string of the molecule is CCOPNC(C(=O)OC)C(C)(C)C. The lowest BCUT2D eigenvalue weighted by molar-refractivity contribution is -0.145. The van der Waals surface area contributed by atoms with Crippen molar-refractivity contribution in [3.05, 3.63) is 0 Å². The molecule has 0 saturated carbocycles. The second kappa shape index (κ2) is 6.33. The van der Waals surface area contributed by atoms with Crippen molar-refractivity contribution in [2.75, 3.05) is 13.7 Å². The molecule has 4 nitrogen and oxygen atoms in total. The first-order valence-electron chi connectivity index (χ1n) is 4.63. The number of nitrogens with one attached hydrogen (secondary N) is 1. The zero-order valence-corrected chi connectivity index (χ0v) is 10.5. The van der Waals surface area contributed by atoms with E-state index >= 15 is 0 Å². The first-order chi connectivity index (χ1) is 6.43. The highest BCUT2D eigenvalue weighted by Gasteiger charge is 2.31. The summed E-state index contributed by atoms with van der Waals surface area (Å²) in [6.45, 7) is 8.51. The lowest BCUT2D eigenvalue weighted by Crippen LogP contribution is -2.43. The number of carbonyl (C=O) groups excluding carboxylic acids is 1. The summed E-state index contributed by atoms with van der Waals surface area (Å²) in [5.74, 6) is -0.246. The smallest absolute Gasteiger partial charge is 0.323 e. The number of rotatable bonds is 5. The molecular weight excluding hydrogens is 201 g/mol. The van der Waals surface area contributed by atoms with Crippen LogP contribution in [0.1, 0.15) is 27.7 Å². The van der Waals surface area contributed by atoms with Crippen molar-refractivity contribution < 1.29 is 14.1 Å². The van der Waals surface area contributed by atoms with Crippen LogP contribution >= 0.6 is 8.96 Å². The monoisotopic (exact) mass is 221 g/mol. The van der Waals surface area contributed by atoms with E-state index in [1.165, 1.54) is 7.11 Å². The van der Waals surface area contributed by atoms with E-state index in [4.69, 9.17) is 9.26 Å². The van der Waals surface area contributed by atoms with Gasteiger partial charge in [0.1, 0.15) is 6.04 Å². The summed E-state index contributed by atoms with van der Waals surface area (Å²) in [6, 6.07) is -0.322. The minimum Gasteiger partial charge on any atom is -0.468 e. The van der Waals surface area contributed by atoms with Gasteiger partial charge in [-0.05, 0) is 12.3 Å². The van der Waals surface area contributed by atoms with Crippen molar-refractivity contribution in [3.8, 4) is 0 Å². The van der Waals surface area contributed by atoms with Crippen LogP contribution in [-0.2, 0) is 14.1 Å². The molecule has 5 heteroatoms. The normalized spacial score (nSPS) is 14.6. The van der Waals surface area contributed by atoms with Crippen molar-refractivity contribution in [2.24, 2.45) is 5.41 Å². The largest absolute Gasteiger partial charge is 0.468 e. The van der Waals surface area contributed by atoms with E-state index in [1.54, 1.807) is 0 Å². The van der Waals surface area contributed by atoms with E-state index in [1.807, 2.05) is 27.7 Å². The number of hydrogen-bond donors (Lipinski definition) is 1. The molecule has 0 saturated heterocycles. The first-order valence-corrected chi connectivity index (χ1v) is 5.54. The van der Waals surface area contributed by atoms with Crippen LogP contribution in [0.5, 0.6) is 0 Å². The van der Waals surface area contributed by atoms with Crippen molar-refractivity contribution in [1.82, 2.24) is 5.09 Å². The number of hydrogen-bond acceptors (Lipinski definition) is 4. The van der Waals surface area contributed by atoms with Gasteiger partial charge in [0, 0.05) is 6.61 Å². The van der Waals surface area contributed by atoms with Crippen LogP contribution in [0, 0.1) is 5.41 Å². The Morgan fingerprint density at radius 1 is 1.50 bits per heavy atom. The quantitative estimate of drug-likeness (QED) is 0.436. The second-order valence-electron chi connectivity index (χ2n) is 4.00. The number of ether oxygens (including phenoxy) is 1. The fraction of sp³-hybridized carbons (Fsp3) is 0.889. The van der Waals surface area contributed by atoms with E-state index in [-0.39, 0.29) is 26.4 Å². The molecule has 1 N–H and O–H groups in total. The van der Waals surface area contributed by atoms with E-state index in [0.717, 1.165) is 0 Å². The van der Waals surface area contributed by atoms with Gasteiger partial charge in [0.15, 0.2) is 0 Å². The molecule has 0 aliphatic rings. The Bertz CT molecular complexity index is 179. The average molecular weight is 221 g/mol. The van der Waals surface area contributed by atoms with Crippen LogP contribution in [-0.4, -0.2) is 25.7 Å². The Balaban J connectivity index is 4.19. The van der Waals surface area contributed by atoms with Gasteiger partial charge in [-0.3, -0.25) is 9.88 Å². The van der Waals surface area contributed by atoms with Crippen molar-refractivity contribution in [2.45, 2.75) is 33.7 Å². The zero-order chi connectivity index (χ0) is 11.2. The molecule has 0 aromatic heterocycles. The summed E-state index contributed by atoms with van der Waals surface area (Å²) in [7, 11) is 1.53. The lowest BCUT2D eigenvalue weighted by Gasteiger charge is -2.28. The third kappa shape index (κ3) is 4.89. The van der Waals surface area contributed by atoms with Gasteiger partial charge in [0.25, 0.3) is 0 Å². The Kier molecular flexibility index (Phi) is 6.25. The van der Waals surface area contributed by atoms with Crippen molar-refractivity contribution in [1.29, 1.82) is 0 Å². The van der Waals surface area contributed by atoms with Gasteiger partial charge in [-0.2, -0.15) is 0 Å². The van der Waals surface area contributed by atoms with Gasteiger partial charge in [0.05, 0.1) is 16.1 Å². The molecule has 2 atom stereocenters. The maximum absolute atomic E-state index is 11.4. The second-order valence-corrected chi connectivity index (χ2v) is 4.78. The third-order valence-electron chi connectivity index (χ3n) is 1.72. The van der Waals surface area contributed by atoms with Gasteiger partial charge in [-0.15, -0.1) is 0 Å². The van der Waals surface area contributed by atoms with Crippen molar-refractivity contribution >= 4 is 14.9 Å². The Hall–Kier alpha value is -0.180. The van der Waals surface area contributed by atoms with Gasteiger partial charge in [-0.1, -0.05) is 20.8 Å². The molecule has 2 unspecified atom stereocenters. The molecule has 0 spiro atoms. The summed E-state index contributed by atoms with van der Waals surface area (Å²) in [6.07, 6.45) is 0. The zero-order valence-electron chi connectivity index (χ0n) is 9.51. The van der Waals surface area contributed by atoms with Crippen LogP contribution in [0.3, 0.4) is 0 Å². The Morgan fingerprint density at radius 3 is 2.43 bits per heavy atom. The Labute approximate surface area is 87.7 Å². The average Bonchev–Trinajstić information content (AvgIpc) is 2.09. The van der Waals surface area contributed by atoms with Gasteiger partial charge >= 0.3 is 5.97 Å². The first kappa shape index (κ1) is 13.8. The van der Waals surface area contributed by atoms with Crippen LogP contribution in [0.4, 0.5) is 0 Å². The van der Waals surface area contributed by atoms with Gasteiger partial charge in [-0.25, -0.2) is 0 Å². The summed E-state index contributed by atoms with van der Waals surface area (Å²) in [5, 5.41) is 3.04. The van der Waals surface area contributed by atoms with E-state index < -0.39 is 0 Å². The minimum absolute atomic E-state index is 0.131. The third-order valence-corrected chi connectivity index (χ3v) is 2.56. The van der Waals surface area contributed by atoms with Crippen LogP contribution in [0.15, 0.2) is 0 Å². The standard InChI is InChI=1S/C9H20NO3P/c1-6-13-14-10-7(8(11)12-5)9(2,3)4/h7,10,14H,6H2,1-5H3. The number of methoxy groups -OCH3 is 1. The highest BCUT2D eigenvalue weighted by Crippen LogP contribution is 2.23. The molecule has 84 valence electrons. The molecule has 14 heavy (non-hydrogen) atoms. The molecule has 0 fully saturated rings. The molecule has 0 bridgehead atoms. The fourth-order valence-corrected chi connectivity index (χ4v) is 1.82. The molecule has 0 rings (SSSR count). The number of esters is 1. The van der Waals surface area contributed by atoms with E-state index in [2.05, 4.69) is 5.09 Å². The van der Waals surface area contributed by atoms with E-state index in [0.29, 0.717) is 6.61 Å². The fourth-order valence-electron chi connectivity index (χ4n) is 0.920. The predicted octanol–water partition coefficient (Wildman–Crippen LogP) is 1.71. The summed E-state index contributed by atoms with van der Waals surface area (Å²) in [5.41, 5.74) is -0.169. The van der Waals surface area contributed by atoms with E-state index in [9.17, 15) is 4.79 Å². The van der Waals surface area contributed by atoms with Crippen molar-refractivity contribution in [3.63, 3.8) is 0 Å². The van der Waals surface area contributed by atoms with Gasteiger partial charge < -0.3 is 9.26 Å². The molecule has 0 aromatic rings. The minimum atomic E-state index is -0.322. The molecule has 0 radical (unpaired) electrons. The molecular formula is C9H20NO3P. The summed E-state index contributed by atoms with van der Waals surface area (Å²) in [4.78, 5) is 11.4. The molecule has 0 aliphatic heterocycles. The molecule has 0 aliphatic carbocycles. The molecule has 0 amide bonds. The maximum Gasteiger partial charge on any atom is 0.323 e. The topological polar surface area (TPSA) is 47.6 Å². The molecule has 0 heterocycles. The number of carbonyl (C=O) groups is 1. The molecule has 0 aromatic carbocycles. The van der Waals surface area contributed by atoms with Gasteiger partial charge in [0.2, 0.25) is 0 Å². The highest BCUT2D eigenvalue weighted by molar-refractivity contribution is 7.29. The summed E-state index contributed by atoms with van der Waals surface area (Å²) < 4.78 is 9.88. The maximum atomic E-state index is 11.4.